The zero-order chi connectivity index (χ0) is 12.4. The molecule has 0 unspecified atom stereocenters. The van der Waals surface area contributed by atoms with Crippen molar-refractivity contribution in [1.82, 2.24) is 9.38 Å². The highest BCUT2D eigenvalue weighted by Gasteiger charge is 2.08. The maximum absolute atomic E-state index is 12.1. The van der Waals surface area contributed by atoms with Gasteiger partial charge in [-0.3, -0.25) is 9.20 Å². The van der Waals surface area contributed by atoms with Gasteiger partial charge >= 0.3 is 0 Å². The summed E-state index contributed by atoms with van der Waals surface area (Å²) < 4.78 is 1.30. The Morgan fingerprint density at radius 2 is 2.35 bits per heavy atom. The molecule has 0 spiro atoms. The van der Waals surface area contributed by atoms with E-state index < -0.39 is 0 Å². The van der Waals surface area contributed by atoms with Gasteiger partial charge in [0, 0.05) is 29.6 Å². The molecule has 0 saturated heterocycles. The van der Waals surface area contributed by atoms with Crippen molar-refractivity contribution >= 4 is 5.65 Å². The first-order valence-corrected chi connectivity index (χ1v) is 5.37. The van der Waals surface area contributed by atoms with E-state index in [1.807, 2.05) is 6.92 Å². The minimum absolute atomic E-state index is 0.0828. The van der Waals surface area contributed by atoms with Crippen LogP contribution < -0.4 is 5.56 Å². The van der Waals surface area contributed by atoms with E-state index in [0.29, 0.717) is 17.5 Å². The fourth-order valence-electron chi connectivity index (χ4n) is 1.72. The minimum atomic E-state index is -0.177. The topological polar surface area (TPSA) is 54.6 Å². The second-order valence-electron chi connectivity index (χ2n) is 3.79. The van der Waals surface area contributed by atoms with Crippen LogP contribution in [0.25, 0.3) is 5.65 Å². The predicted molar refractivity (Wildman–Crippen MR) is 65.1 cm³/mol. The van der Waals surface area contributed by atoms with Crippen molar-refractivity contribution in [2.75, 3.05) is 0 Å². The first kappa shape index (κ1) is 11.2. The molecule has 0 saturated carbocycles. The second-order valence-corrected chi connectivity index (χ2v) is 3.79. The van der Waals surface area contributed by atoms with Gasteiger partial charge < -0.3 is 5.11 Å². The van der Waals surface area contributed by atoms with E-state index in [1.165, 1.54) is 22.9 Å². The number of pyridine rings is 1. The quantitative estimate of drug-likeness (QED) is 0.789. The number of fused-ring (bicyclic) bond motifs is 1. The first-order valence-electron chi connectivity index (χ1n) is 5.37. The molecule has 0 bridgehead atoms. The Kier molecular flexibility index (Phi) is 2.84. The van der Waals surface area contributed by atoms with E-state index in [9.17, 15) is 9.90 Å². The molecule has 2 rings (SSSR count). The molecule has 4 nitrogen and oxygen atoms in total. The number of aromatic hydroxyl groups is 1. The summed E-state index contributed by atoms with van der Waals surface area (Å²) in [5.74, 6) is 2.31. The Labute approximate surface area is 98.6 Å². The SMILES string of the molecule is C#Cc1cc(O)c2ncc(CCC)c(=O)n2c1. The molecular formula is C13H12N2O2. The maximum atomic E-state index is 12.1. The van der Waals surface area contributed by atoms with Crippen molar-refractivity contribution in [3.05, 3.63) is 39.9 Å². The summed E-state index contributed by atoms with van der Waals surface area (Å²) in [5, 5.41) is 9.71. The summed E-state index contributed by atoms with van der Waals surface area (Å²) in [4.78, 5) is 16.2. The third kappa shape index (κ3) is 1.87. The zero-order valence-electron chi connectivity index (χ0n) is 9.47. The minimum Gasteiger partial charge on any atom is -0.504 e. The van der Waals surface area contributed by atoms with Gasteiger partial charge in [-0.25, -0.2) is 4.98 Å². The average Bonchev–Trinajstić information content (AvgIpc) is 2.33. The fourth-order valence-corrected chi connectivity index (χ4v) is 1.72. The summed E-state index contributed by atoms with van der Waals surface area (Å²) in [6.45, 7) is 1.99. The Morgan fingerprint density at radius 1 is 1.59 bits per heavy atom. The number of rotatable bonds is 2. The average molecular weight is 228 g/mol. The molecule has 0 radical (unpaired) electrons. The fraction of sp³-hybridized carbons (Fsp3) is 0.231. The molecule has 0 aliphatic rings. The molecule has 2 aromatic rings. The normalized spacial score (nSPS) is 10.4. The zero-order valence-corrected chi connectivity index (χ0v) is 9.47. The smallest absolute Gasteiger partial charge is 0.261 e. The lowest BCUT2D eigenvalue weighted by Crippen LogP contribution is -2.19. The molecule has 0 aliphatic heterocycles. The van der Waals surface area contributed by atoms with Crippen molar-refractivity contribution in [2.24, 2.45) is 0 Å². The van der Waals surface area contributed by atoms with Gasteiger partial charge in [-0.05, 0) is 6.42 Å². The monoisotopic (exact) mass is 228 g/mol. The third-order valence-corrected chi connectivity index (χ3v) is 2.54. The van der Waals surface area contributed by atoms with Crippen LogP contribution in [-0.4, -0.2) is 14.5 Å². The van der Waals surface area contributed by atoms with Crippen LogP contribution in [0.3, 0.4) is 0 Å². The highest BCUT2D eigenvalue weighted by Crippen LogP contribution is 2.16. The lowest BCUT2D eigenvalue weighted by Gasteiger charge is -2.05. The molecule has 0 fully saturated rings. The van der Waals surface area contributed by atoms with Crippen LogP contribution in [0.5, 0.6) is 5.75 Å². The van der Waals surface area contributed by atoms with Gasteiger partial charge in [0.05, 0.1) is 0 Å². The maximum Gasteiger partial charge on any atom is 0.261 e. The van der Waals surface area contributed by atoms with E-state index >= 15 is 0 Å². The predicted octanol–water partition coefficient (Wildman–Crippen LogP) is 1.33. The summed E-state index contributed by atoms with van der Waals surface area (Å²) in [6.07, 6.45) is 9.81. The van der Waals surface area contributed by atoms with Crippen LogP contribution >= 0.6 is 0 Å². The molecule has 0 amide bonds. The van der Waals surface area contributed by atoms with E-state index in [2.05, 4.69) is 10.9 Å². The Morgan fingerprint density at radius 3 is 3.00 bits per heavy atom. The van der Waals surface area contributed by atoms with Gasteiger partial charge in [0.1, 0.15) is 0 Å². The number of aryl methyl sites for hydroxylation is 1. The van der Waals surface area contributed by atoms with Crippen LogP contribution in [0, 0.1) is 12.3 Å². The Hall–Kier alpha value is -2.28. The lowest BCUT2D eigenvalue weighted by atomic mass is 10.2. The van der Waals surface area contributed by atoms with Crippen LogP contribution in [0.2, 0.25) is 0 Å². The molecule has 2 heterocycles. The number of nitrogens with zero attached hydrogens (tertiary/aromatic N) is 2. The molecule has 0 aromatic carbocycles. The molecule has 86 valence electrons. The highest BCUT2D eigenvalue weighted by atomic mass is 16.3. The van der Waals surface area contributed by atoms with Gasteiger partial charge in [-0.1, -0.05) is 19.3 Å². The van der Waals surface area contributed by atoms with E-state index in [1.54, 1.807) is 0 Å². The summed E-state index contributed by atoms with van der Waals surface area (Å²) in [7, 11) is 0. The van der Waals surface area contributed by atoms with E-state index in [0.717, 1.165) is 6.42 Å². The molecule has 1 N–H and O–H groups in total. The number of hydrogen-bond acceptors (Lipinski definition) is 3. The second kappa shape index (κ2) is 4.30. The van der Waals surface area contributed by atoms with Crippen LogP contribution in [0.15, 0.2) is 23.3 Å². The van der Waals surface area contributed by atoms with Crippen LogP contribution in [0.4, 0.5) is 0 Å². The van der Waals surface area contributed by atoms with Gasteiger partial charge in [-0.2, -0.15) is 0 Å². The molecule has 17 heavy (non-hydrogen) atoms. The van der Waals surface area contributed by atoms with Gasteiger partial charge in [0.25, 0.3) is 5.56 Å². The van der Waals surface area contributed by atoms with Gasteiger partial charge in [0.2, 0.25) is 0 Å². The molecule has 4 heteroatoms. The first-order chi connectivity index (χ1) is 8.17. The molecule has 0 atom stereocenters. The summed E-state index contributed by atoms with van der Waals surface area (Å²) in [5.41, 5.74) is 1.13. The van der Waals surface area contributed by atoms with Crippen molar-refractivity contribution < 1.29 is 5.11 Å². The number of terminal acetylenes is 1. The van der Waals surface area contributed by atoms with Crippen LogP contribution in [-0.2, 0) is 6.42 Å². The van der Waals surface area contributed by atoms with E-state index in [-0.39, 0.29) is 17.0 Å². The third-order valence-electron chi connectivity index (χ3n) is 2.54. The Bertz CT molecular complexity index is 665. The standard InChI is InChI=1S/C13H12N2O2/c1-3-5-10-7-14-12-11(16)6-9(4-2)8-15(12)13(10)17/h2,6-8,16H,3,5H2,1H3. The van der Waals surface area contributed by atoms with E-state index in [4.69, 9.17) is 6.42 Å². The number of aromatic nitrogens is 2. The lowest BCUT2D eigenvalue weighted by molar-refractivity contribution is 0.476. The highest BCUT2D eigenvalue weighted by molar-refractivity contribution is 5.56. The van der Waals surface area contributed by atoms with Crippen molar-refractivity contribution in [2.45, 2.75) is 19.8 Å². The van der Waals surface area contributed by atoms with Crippen molar-refractivity contribution in [3.63, 3.8) is 0 Å². The largest absolute Gasteiger partial charge is 0.504 e. The summed E-state index contributed by atoms with van der Waals surface area (Å²) >= 11 is 0. The Balaban J connectivity index is 2.80. The van der Waals surface area contributed by atoms with Crippen molar-refractivity contribution in [1.29, 1.82) is 0 Å². The molecule has 2 aromatic heterocycles. The van der Waals surface area contributed by atoms with Crippen LogP contribution in [0.1, 0.15) is 24.5 Å². The van der Waals surface area contributed by atoms with Gasteiger partial charge in [0.15, 0.2) is 11.4 Å². The number of hydrogen-bond donors (Lipinski definition) is 1. The molecule has 0 aliphatic carbocycles. The van der Waals surface area contributed by atoms with Gasteiger partial charge in [-0.15, -0.1) is 6.42 Å². The van der Waals surface area contributed by atoms with Crippen molar-refractivity contribution in [3.8, 4) is 18.1 Å². The summed E-state index contributed by atoms with van der Waals surface area (Å²) in [6, 6.07) is 1.42. The molecular weight excluding hydrogens is 216 g/mol.